The first-order valence-corrected chi connectivity index (χ1v) is 8.39. The van der Waals surface area contributed by atoms with Gasteiger partial charge in [-0.2, -0.15) is 0 Å². The highest BCUT2D eigenvalue weighted by molar-refractivity contribution is 6.06. The van der Waals surface area contributed by atoms with Gasteiger partial charge in [-0.3, -0.25) is 4.79 Å². The Labute approximate surface area is 149 Å². The van der Waals surface area contributed by atoms with Crippen LogP contribution in [-0.2, 0) is 0 Å². The van der Waals surface area contributed by atoms with Crippen molar-refractivity contribution in [2.75, 3.05) is 17.3 Å². The topological polar surface area (TPSA) is 61.4 Å². The predicted molar refractivity (Wildman–Crippen MR) is 102 cm³/mol. The van der Waals surface area contributed by atoms with Crippen molar-refractivity contribution in [1.29, 1.82) is 0 Å². The number of nitrogens with zero attached hydrogens (tertiary/aromatic N) is 1. The Hall–Kier alpha value is -2.82. The van der Waals surface area contributed by atoms with E-state index in [2.05, 4.69) is 10.6 Å². The standard InChI is InChI=1S/C20H25N3O2/c1-14(2)15(3)21-20(25)22-17-10-8-9-16(13-17)19(24)23(4)18-11-6-5-7-12-18/h5-15H,1-4H3,(H2,21,22,25). The normalized spacial score (nSPS) is 11.7. The SMILES string of the molecule is CC(C)C(C)NC(=O)Nc1cccc(C(=O)N(C)c2ccccc2)c1. The summed E-state index contributed by atoms with van der Waals surface area (Å²) in [6.45, 7) is 6.05. The molecule has 2 rings (SSSR count). The van der Waals surface area contributed by atoms with E-state index >= 15 is 0 Å². The van der Waals surface area contributed by atoms with Crippen molar-refractivity contribution < 1.29 is 9.59 Å². The van der Waals surface area contributed by atoms with Crippen molar-refractivity contribution in [2.45, 2.75) is 26.8 Å². The number of benzene rings is 2. The zero-order valence-electron chi connectivity index (χ0n) is 15.1. The third-order valence-electron chi connectivity index (χ3n) is 4.17. The first kappa shape index (κ1) is 18.5. The molecule has 0 aliphatic carbocycles. The molecule has 0 spiro atoms. The van der Waals surface area contributed by atoms with Gasteiger partial charge in [0.1, 0.15) is 0 Å². The van der Waals surface area contributed by atoms with E-state index in [1.54, 1.807) is 36.2 Å². The predicted octanol–water partition coefficient (Wildman–Crippen LogP) is 4.13. The van der Waals surface area contributed by atoms with Gasteiger partial charge in [0.15, 0.2) is 0 Å². The van der Waals surface area contributed by atoms with E-state index in [9.17, 15) is 9.59 Å². The summed E-state index contributed by atoms with van der Waals surface area (Å²) in [4.78, 5) is 26.3. The number of urea groups is 1. The van der Waals surface area contributed by atoms with Gasteiger partial charge >= 0.3 is 6.03 Å². The summed E-state index contributed by atoms with van der Waals surface area (Å²) < 4.78 is 0. The molecule has 0 aliphatic heterocycles. The minimum absolute atomic E-state index is 0.0639. The van der Waals surface area contributed by atoms with Gasteiger partial charge < -0.3 is 15.5 Å². The van der Waals surface area contributed by atoms with Crippen LogP contribution in [0, 0.1) is 5.92 Å². The zero-order chi connectivity index (χ0) is 18.4. The number of carbonyl (C=O) groups excluding carboxylic acids is 2. The van der Waals surface area contributed by atoms with Crippen LogP contribution in [0.5, 0.6) is 0 Å². The quantitative estimate of drug-likeness (QED) is 0.860. The monoisotopic (exact) mass is 339 g/mol. The molecule has 0 radical (unpaired) electrons. The van der Waals surface area contributed by atoms with E-state index < -0.39 is 0 Å². The summed E-state index contributed by atoms with van der Waals surface area (Å²) in [5.41, 5.74) is 1.91. The summed E-state index contributed by atoms with van der Waals surface area (Å²) in [6, 6.07) is 16.2. The smallest absolute Gasteiger partial charge is 0.319 e. The fraction of sp³-hybridized carbons (Fsp3) is 0.300. The summed E-state index contributed by atoms with van der Waals surface area (Å²) in [6.07, 6.45) is 0. The molecule has 1 atom stereocenters. The van der Waals surface area contributed by atoms with Crippen LogP contribution in [0.4, 0.5) is 16.2 Å². The van der Waals surface area contributed by atoms with Crippen LogP contribution < -0.4 is 15.5 Å². The lowest BCUT2D eigenvalue weighted by Crippen LogP contribution is -2.39. The lowest BCUT2D eigenvalue weighted by Gasteiger charge is -2.19. The second kappa shape index (κ2) is 8.33. The average Bonchev–Trinajstić information content (AvgIpc) is 2.61. The number of rotatable bonds is 5. The fourth-order valence-corrected chi connectivity index (χ4v) is 2.23. The molecule has 2 aromatic rings. The van der Waals surface area contributed by atoms with E-state index in [-0.39, 0.29) is 18.0 Å². The summed E-state index contributed by atoms with van der Waals surface area (Å²) in [5.74, 6) is 0.212. The summed E-state index contributed by atoms with van der Waals surface area (Å²) in [7, 11) is 1.73. The lowest BCUT2D eigenvalue weighted by atomic mass is 10.1. The van der Waals surface area contributed by atoms with E-state index in [4.69, 9.17) is 0 Å². The Bertz CT molecular complexity index is 729. The molecule has 132 valence electrons. The highest BCUT2D eigenvalue weighted by Gasteiger charge is 2.15. The molecule has 0 fully saturated rings. The van der Waals surface area contributed by atoms with Crippen LogP contribution in [0.3, 0.4) is 0 Å². The number of hydrogen-bond donors (Lipinski definition) is 2. The van der Waals surface area contributed by atoms with E-state index in [1.165, 1.54) is 0 Å². The molecule has 2 aromatic carbocycles. The Kier molecular flexibility index (Phi) is 6.17. The van der Waals surface area contributed by atoms with Crippen LogP contribution in [0.25, 0.3) is 0 Å². The third-order valence-corrected chi connectivity index (χ3v) is 4.17. The molecule has 0 heterocycles. The minimum Gasteiger partial charge on any atom is -0.335 e. The Morgan fingerprint density at radius 3 is 2.28 bits per heavy atom. The second-order valence-corrected chi connectivity index (χ2v) is 6.41. The van der Waals surface area contributed by atoms with Crippen molar-refractivity contribution in [3.8, 4) is 0 Å². The zero-order valence-corrected chi connectivity index (χ0v) is 15.1. The Morgan fingerprint density at radius 1 is 0.960 bits per heavy atom. The van der Waals surface area contributed by atoms with E-state index in [0.717, 1.165) is 5.69 Å². The molecule has 0 saturated heterocycles. The third kappa shape index (κ3) is 5.08. The summed E-state index contributed by atoms with van der Waals surface area (Å²) in [5, 5.41) is 5.66. The summed E-state index contributed by atoms with van der Waals surface area (Å²) >= 11 is 0. The molecule has 0 aromatic heterocycles. The van der Waals surface area contributed by atoms with Gasteiger partial charge in [-0.25, -0.2) is 4.79 Å². The van der Waals surface area contributed by atoms with Crippen molar-refractivity contribution in [3.63, 3.8) is 0 Å². The Balaban J connectivity index is 2.08. The molecule has 5 heteroatoms. The van der Waals surface area contributed by atoms with Gasteiger partial charge in [-0.15, -0.1) is 0 Å². The number of para-hydroxylation sites is 1. The molecule has 3 amide bonds. The lowest BCUT2D eigenvalue weighted by molar-refractivity contribution is 0.0993. The van der Waals surface area contributed by atoms with E-state index in [0.29, 0.717) is 17.2 Å². The molecule has 1 unspecified atom stereocenters. The van der Waals surface area contributed by atoms with Gasteiger partial charge in [0, 0.05) is 30.0 Å². The highest BCUT2D eigenvalue weighted by atomic mass is 16.2. The number of hydrogen-bond acceptors (Lipinski definition) is 2. The van der Waals surface area contributed by atoms with Crippen LogP contribution in [0.2, 0.25) is 0 Å². The number of amides is 3. The first-order valence-electron chi connectivity index (χ1n) is 8.39. The number of anilines is 2. The van der Waals surface area contributed by atoms with Gasteiger partial charge in [0.2, 0.25) is 0 Å². The molecule has 0 bridgehead atoms. The van der Waals surface area contributed by atoms with Crippen LogP contribution in [0.15, 0.2) is 54.6 Å². The number of carbonyl (C=O) groups is 2. The van der Waals surface area contributed by atoms with Gasteiger partial charge in [-0.1, -0.05) is 38.1 Å². The molecular weight excluding hydrogens is 314 g/mol. The maximum Gasteiger partial charge on any atom is 0.319 e. The van der Waals surface area contributed by atoms with Crippen LogP contribution in [0.1, 0.15) is 31.1 Å². The molecule has 25 heavy (non-hydrogen) atoms. The minimum atomic E-state index is -0.276. The number of nitrogens with one attached hydrogen (secondary N) is 2. The van der Waals surface area contributed by atoms with Crippen molar-refractivity contribution in [3.05, 3.63) is 60.2 Å². The Morgan fingerprint density at radius 2 is 1.64 bits per heavy atom. The maximum atomic E-state index is 12.6. The van der Waals surface area contributed by atoms with Gasteiger partial charge in [0.05, 0.1) is 0 Å². The van der Waals surface area contributed by atoms with Crippen molar-refractivity contribution >= 4 is 23.3 Å². The van der Waals surface area contributed by atoms with Gasteiger partial charge in [0.25, 0.3) is 5.91 Å². The fourth-order valence-electron chi connectivity index (χ4n) is 2.23. The first-order chi connectivity index (χ1) is 11.9. The second-order valence-electron chi connectivity index (χ2n) is 6.41. The highest BCUT2D eigenvalue weighted by Crippen LogP contribution is 2.17. The molecular formula is C20H25N3O2. The van der Waals surface area contributed by atoms with Crippen LogP contribution >= 0.6 is 0 Å². The molecule has 2 N–H and O–H groups in total. The largest absolute Gasteiger partial charge is 0.335 e. The van der Waals surface area contributed by atoms with E-state index in [1.807, 2.05) is 51.1 Å². The van der Waals surface area contributed by atoms with Crippen molar-refractivity contribution in [2.24, 2.45) is 5.92 Å². The molecule has 5 nitrogen and oxygen atoms in total. The molecule has 0 saturated carbocycles. The van der Waals surface area contributed by atoms with Crippen LogP contribution in [-0.4, -0.2) is 25.0 Å². The van der Waals surface area contributed by atoms with Gasteiger partial charge in [-0.05, 0) is 43.2 Å². The average molecular weight is 339 g/mol. The maximum absolute atomic E-state index is 12.6. The molecule has 0 aliphatic rings. The van der Waals surface area contributed by atoms with Crippen molar-refractivity contribution in [1.82, 2.24) is 5.32 Å².